The fourth-order valence-electron chi connectivity index (χ4n) is 2.75. The van der Waals surface area contributed by atoms with Crippen LogP contribution in [0.1, 0.15) is 44.1 Å². The van der Waals surface area contributed by atoms with Crippen molar-refractivity contribution < 1.29 is 8.42 Å². The molecule has 1 aliphatic heterocycles. The minimum absolute atomic E-state index is 0.345. The number of thiophene rings is 1. The van der Waals surface area contributed by atoms with Crippen LogP contribution < -0.4 is 5.32 Å². The van der Waals surface area contributed by atoms with Gasteiger partial charge in [-0.15, -0.1) is 11.3 Å². The molecule has 1 atom stereocenters. The van der Waals surface area contributed by atoms with Gasteiger partial charge in [0.1, 0.15) is 4.90 Å². The summed E-state index contributed by atoms with van der Waals surface area (Å²) in [6.07, 6.45) is 2.08. The lowest BCUT2D eigenvalue weighted by atomic mass is 10.0. The molecule has 1 N–H and O–H groups in total. The van der Waals surface area contributed by atoms with Crippen molar-refractivity contribution in [2.45, 2.75) is 58.0 Å². The van der Waals surface area contributed by atoms with Gasteiger partial charge in [-0.3, -0.25) is 0 Å². The molecule has 2 rings (SSSR count). The first-order valence-electron chi connectivity index (χ1n) is 7.63. The van der Waals surface area contributed by atoms with E-state index in [1.807, 2.05) is 12.3 Å². The van der Waals surface area contributed by atoms with Crippen molar-refractivity contribution in [1.82, 2.24) is 9.62 Å². The molecule has 1 fully saturated rings. The number of nitrogens with zero attached hydrogens (tertiary/aromatic N) is 1. The molecule has 0 aliphatic carbocycles. The quantitative estimate of drug-likeness (QED) is 0.903. The van der Waals surface area contributed by atoms with Crippen LogP contribution in [-0.2, 0) is 16.6 Å². The third-order valence-corrected chi connectivity index (χ3v) is 7.21. The Bertz CT molecular complexity index is 578. The Balaban J connectivity index is 2.28. The second-order valence-corrected chi connectivity index (χ2v) is 9.16. The Morgan fingerprint density at radius 1 is 1.48 bits per heavy atom. The van der Waals surface area contributed by atoms with E-state index in [-0.39, 0.29) is 0 Å². The van der Waals surface area contributed by atoms with Crippen LogP contribution in [0.4, 0.5) is 0 Å². The summed E-state index contributed by atoms with van der Waals surface area (Å²) < 4.78 is 27.6. The highest BCUT2D eigenvalue weighted by molar-refractivity contribution is 7.89. The van der Waals surface area contributed by atoms with Crippen molar-refractivity contribution in [3.8, 4) is 0 Å². The van der Waals surface area contributed by atoms with Crippen LogP contribution in [0.5, 0.6) is 0 Å². The zero-order chi connectivity index (χ0) is 15.6. The zero-order valence-corrected chi connectivity index (χ0v) is 15.0. The van der Waals surface area contributed by atoms with Crippen LogP contribution >= 0.6 is 11.3 Å². The summed E-state index contributed by atoms with van der Waals surface area (Å²) in [5.41, 5.74) is 0.874. The van der Waals surface area contributed by atoms with Crippen molar-refractivity contribution in [1.29, 1.82) is 0 Å². The first-order valence-corrected chi connectivity index (χ1v) is 9.95. The molecule has 1 unspecified atom stereocenters. The molecule has 0 aromatic carbocycles. The van der Waals surface area contributed by atoms with Crippen molar-refractivity contribution in [2.24, 2.45) is 5.92 Å². The van der Waals surface area contributed by atoms with Crippen LogP contribution in [0.2, 0.25) is 0 Å². The fraction of sp³-hybridized carbons (Fsp3) is 0.733. The van der Waals surface area contributed by atoms with Gasteiger partial charge in [0.05, 0.1) is 0 Å². The summed E-state index contributed by atoms with van der Waals surface area (Å²) in [6, 6.07) is 0.345. The fourth-order valence-corrected chi connectivity index (χ4v) is 6.06. The highest BCUT2D eigenvalue weighted by Gasteiger charge is 2.32. The number of nitrogens with one attached hydrogen (secondary N) is 1. The minimum Gasteiger partial charge on any atom is -0.310 e. The Labute approximate surface area is 132 Å². The van der Waals surface area contributed by atoms with Crippen LogP contribution in [0, 0.1) is 12.8 Å². The van der Waals surface area contributed by atoms with Gasteiger partial charge in [-0.05, 0) is 36.6 Å². The lowest BCUT2D eigenvalue weighted by Gasteiger charge is -2.30. The molecule has 6 heteroatoms. The highest BCUT2D eigenvalue weighted by atomic mass is 32.2. The maximum atomic E-state index is 13.0. The average molecular weight is 331 g/mol. The van der Waals surface area contributed by atoms with E-state index in [1.54, 1.807) is 15.6 Å². The summed E-state index contributed by atoms with van der Waals surface area (Å²) >= 11 is 1.54. The van der Waals surface area contributed by atoms with Gasteiger partial charge in [0, 0.05) is 30.6 Å². The number of rotatable bonds is 5. The predicted molar refractivity (Wildman–Crippen MR) is 88.2 cm³/mol. The lowest BCUT2D eigenvalue weighted by Crippen LogP contribution is -2.39. The second-order valence-electron chi connectivity index (χ2n) is 6.32. The van der Waals surface area contributed by atoms with Gasteiger partial charge in [-0.2, -0.15) is 4.31 Å². The average Bonchev–Trinajstić information content (AvgIpc) is 2.78. The maximum Gasteiger partial charge on any atom is 0.244 e. The monoisotopic (exact) mass is 330 g/mol. The molecule has 1 saturated heterocycles. The van der Waals surface area contributed by atoms with E-state index in [0.717, 1.165) is 23.3 Å². The Kier molecular flexibility index (Phi) is 5.46. The van der Waals surface area contributed by atoms with Gasteiger partial charge in [0.2, 0.25) is 10.0 Å². The molecule has 120 valence electrons. The largest absolute Gasteiger partial charge is 0.310 e. The Morgan fingerprint density at radius 2 is 2.19 bits per heavy atom. The van der Waals surface area contributed by atoms with E-state index >= 15 is 0 Å². The third-order valence-electron chi connectivity index (χ3n) is 3.88. The molecule has 1 aromatic rings. The van der Waals surface area contributed by atoms with Crippen molar-refractivity contribution in [3.05, 3.63) is 15.8 Å². The van der Waals surface area contributed by atoms with Crippen LogP contribution in [0.25, 0.3) is 0 Å². The number of hydrogen-bond donors (Lipinski definition) is 1. The molecule has 0 radical (unpaired) electrons. The van der Waals surface area contributed by atoms with Gasteiger partial charge in [0.25, 0.3) is 0 Å². The van der Waals surface area contributed by atoms with Gasteiger partial charge >= 0.3 is 0 Å². The Hall–Kier alpha value is -0.430. The topological polar surface area (TPSA) is 49.4 Å². The molecule has 21 heavy (non-hydrogen) atoms. The Morgan fingerprint density at radius 3 is 2.81 bits per heavy atom. The first-order chi connectivity index (χ1) is 9.82. The van der Waals surface area contributed by atoms with Gasteiger partial charge in [-0.25, -0.2) is 8.42 Å². The molecule has 4 nitrogen and oxygen atoms in total. The van der Waals surface area contributed by atoms with Gasteiger partial charge in [-0.1, -0.05) is 20.8 Å². The molecule has 1 aliphatic rings. The van der Waals surface area contributed by atoms with Crippen LogP contribution in [-0.4, -0.2) is 31.9 Å². The highest BCUT2D eigenvalue weighted by Crippen LogP contribution is 2.31. The van der Waals surface area contributed by atoms with E-state index in [0.29, 0.717) is 36.5 Å². The molecule has 0 bridgehead atoms. The van der Waals surface area contributed by atoms with E-state index in [9.17, 15) is 8.42 Å². The number of hydrogen-bond acceptors (Lipinski definition) is 4. The summed E-state index contributed by atoms with van der Waals surface area (Å²) in [5, 5.41) is 5.28. The van der Waals surface area contributed by atoms with E-state index < -0.39 is 10.0 Å². The summed E-state index contributed by atoms with van der Waals surface area (Å²) in [5.74, 6) is 0.449. The smallest absolute Gasteiger partial charge is 0.244 e. The van der Waals surface area contributed by atoms with Crippen LogP contribution in [0.15, 0.2) is 10.3 Å². The number of aryl methyl sites for hydroxylation is 1. The van der Waals surface area contributed by atoms with Gasteiger partial charge in [0.15, 0.2) is 0 Å². The third kappa shape index (κ3) is 3.86. The molecular formula is C15H26N2O2S2. The summed E-state index contributed by atoms with van der Waals surface area (Å²) in [6.45, 7) is 10.1. The van der Waals surface area contributed by atoms with Gasteiger partial charge < -0.3 is 5.32 Å². The van der Waals surface area contributed by atoms with E-state index in [2.05, 4.69) is 26.1 Å². The van der Waals surface area contributed by atoms with E-state index in [1.165, 1.54) is 0 Å². The SMILES string of the molecule is Cc1csc(CNC(C)C)c1S(=O)(=O)N1CCCC(C)C1. The van der Waals surface area contributed by atoms with Crippen molar-refractivity contribution in [2.75, 3.05) is 13.1 Å². The summed E-state index contributed by atoms with van der Waals surface area (Å²) in [4.78, 5) is 1.47. The zero-order valence-electron chi connectivity index (χ0n) is 13.3. The first kappa shape index (κ1) is 16.9. The van der Waals surface area contributed by atoms with Crippen molar-refractivity contribution in [3.63, 3.8) is 0 Å². The molecule has 0 spiro atoms. The predicted octanol–water partition coefficient (Wildman–Crippen LogP) is 2.98. The summed E-state index contributed by atoms with van der Waals surface area (Å²) in [7, 11) is -3.36. The maximum absolute atomic E-state index is 13.0. The van der Waals surface area contributed by atoms with Crippen molar-refractivity contribution >= 4 is 21.4 Å². The van der Waals surface area contributed by atoms with Crippen LogP contribution in [0.3, 0.4) is 0 Å². The normalized spacial score (nSPS) is 21.1. The molecule has 1 aromatic heterocycles. The molecule has 0 amide bonds. The molecule has 2 heterocycles. The van der Waals surface area contributed by atoms with E-state index in [4.69, 9.17) is 0 Å². The number of piperidine rings is 1. The second kappa shape index (κ2) is 6.77. The molecule has 0 saturated carbocycles. The lowest BCUT2D eigenvalue weighted by molar-refractivity contribution is 0.281. The minimum atomic E-state index is -3.36. The molecular weight excluding hydrogens is 304 g/mol. The number of sulfonamides is 1. The standard InChI is InChI=1S/C15H26N2O2S2/c1-11(2)16-8-14-15(13(4)10-20-14)21(18,19)17-7-5-6-12(3)9-17/h10-12,16H,5-9H2,1-4H3.